The van der Waals surface area contributed by atoms with E-state index in [2.05, 4.69) is 15.3 Å². The van der Waals surface area contributed by atoms with Crippen LogP contribution in [0.25, 0.3) is 6.08 Å². The number of hydrogen-bond donors (Lipinski definition) is 1. The van der Waals surface area contributed by atoms with Crippen molar-refractivity contribution in [1.29, 1.82) is 0 Å². The number of hydrogen-bond acceptors (Lipinski definition) is 6. The summed E-state index contributed by atoms with van der Waals surface area (Å²) in [6.45, 7) is 5.16. The molecule has 1 aromatic heterocycles. The fourth-order valence-corrected chi connectivity index (χ4v) is 4.86. The van der Waals surface area contributed by atoms with Crippen molar-refractivity contribution in [3.05, 3.63) is 75.1 Å². The van der Waals surface area contributed by atoms with Gasteiger partial charge in [-0.25, -0.2) is 18.8 Å². The number of anilines is 2. The number of carbonyl (C=O) groups is 2. The highest BCUT2D eigenvalue weighted by Crippen LogP contribution is 2.34. The van der Waals surface area contributed by atoms with Crippen molar-refractivity contribution in [2.45, 2.75) is 20.8 Å². The summed E-state index contributed by atoms with van der Waals surface area (Å²) in [5, 5.41) is 5.05. The lowest BCUT2D eigenvalue weighted by molar-refractivity contribution is -0.116. The maximum absolute atomic E-state index is 14.3. The number of para-hydroxylation sites is 1. The first-order valence-corrected chi connectivity index (χ1v) is 11.5. The first-order chi connectivity index (χ1) is 15.7. The van der Waals surface area contributed by atoms with E-state index >= 15 is 0 Å². The second-order valence-electron chi connectivity index (χ2n) is 7.23. The number of carbonyl (C=O) groups excluding carboxylic acids is 2. The lowest BCUT2D eigenvalue weighted by atomic mass is 10.1. The molecule has 1 saturated heterocycles. The zero-order chi connectivity index (χ0) is 23.7. The molecule has 1 fully saturated rings. The van der Waals surface area contributed by atoms with Crippen LogP contribution in [0.5, 0.6) is 0 Å². The standard InChI is InChI=1S/C23H18F2N4O2S2/c1-12-5-4-6-13(2)20(12)27-22-28-21(31)19(33-22)10-16-11-32-23(26-16)29(14(3)30)18-8-7-15(24)9-17(18)25/h4-11H,1-3H3,(H,27,28,31). The number of rotatable bonds is 4. The number of aryl methyl sites for hydroxylation is 2. The molecule has 0 unspecified atom stereocenters. The third-order valence-corrected chi connectivity index (χ3v) is 6.50. The Hall–Kier alpha value is -3.37. The summed E-state index contributed by atoms with van der Waals surface area (Å²) in [6, 6.07) is 8.81. The van der Waals surface area contributed by atoms with Crippen LogP contribution in [-0.2, 0) is 9.59 Å². The fourth-order valence-electron chi connectivity index (χ4n) is 3.21. The first-order valence-electron chi connectivity index (χ1n) is 9.80. The van der Waals surface area contributed by atoms with Gasteiger partial charge >= 0.3 is 0 Å². The van der Waals surface area contributed by atoms with Crippen LogP contribution in [0.3, 0.4) is 0 Å². The molecule has 2 aromatic carbocycles. The summed E-state index contributed by atoms with van der Waals surface area (Å²) < 4.78 is 27.6. The molecule has 6 nitrogen and oxygen atoms in total. The maximum Gasteiger partial charge on any atom is 0.264 e. The Balaban J connectivity index is 1.61. The monoisotopic (exact) mass is 484 g/mol. The van der Waals surface area contributed by atoms with Crippen LogP contribution < -0.4 is 10.2 Å². The minimum absolute atomic E-state index is 0.103. The van der Waals surface area contributed by atoms with Gasteiger partial charge in [0.15, 0.2) is 10.3 Å². The Bertz CT molecular complexity index is 1310. The summed E-state index contributed by atoms with van der Waals surface area (Å²) in [7, 11) is 0. The highest BCUT2D eigenvalue weighted by Gasteiger charge is 2.26. The predicted octanol–water partition coefficient (Wildman–Crippen LogP) is 5.61. The normalized spacial score (nSPS) is 15.8. The van der Waals surface area contributed by atoms with Crippen LogP contribution in [0.4, 0.5) is 25.3 Å². The molecular weight excluding hydrogens is 466 g/mol. The molecule has 0 aliphatic carbocycles. The molecule has 1 N–H and O–H groups in total. The van der Waals surface area contributed by atoms with Gasteiger partial charge in [-0.05, 0) is 54.9 Å². The third kappa shape index (κ3) is 4.86. The Labute approximate surface area is 197 Å². The molecule has 0 bridgehead atoms. The van der Waals surface area contributed by atoms with Crippen LogP contribution >= 0.6 is 23.1 Å². The van der Waals surface area contributed by atoms with Crippen molar-refractivity contribution < 1.29 is 18.4 Å². The third-order valence-electron chi connectivity index (χ3n) is 4.75. The van der Waals surface area contributed by atoms with Gasteiger partial charge in [-0.15, -0.1) is 11.3 Å². The maximum atomic E-state index is 14.3. The van der Waals surface area contributed by atoms with Crippen LogP contribution in [-0.4, -0.2) is 22.0 Å². The van der Waals surface area contributed by atoms with Crippen molar-refractivity contribution >= 4 is 62.7 Å². The van der Waals surface area contributed by atoms with Crippen LogP contribution in [0.15, 0.2) is 51.7 Å². The van der Waals surface area contributed by atoms with Crippen molar-refractivity contribution in [3.8, 4) is 0 Å². The Morgan fingerprint density at radius 2 is 1.91 bits per heavy atom. The van der Waals surface area contributed by atoms with Gasteiger partial charge in [-0.2, -0.15) is 0 Å². The minimum Gasteiger partial charge on any atom is -0.300 e. The molecule has 168 valence electrons. The molecule has 10 heteroatoms. The molecule has 3 aromatic rings. The lowest BCUT2D eigenvalue weighted by Gasteiger charge is -2.18. The second-order valence-corrected chi connectivity index (χ2v) is 9.09. The van der Waals surface area contributed by atoms with Gasteiger partial charge < -0.3 is 5.32 Å². The number of halogens is 2. The number of benzene rings is 2. The van der Waals surface area contributed by atoms with E-state index in [1.165, 1.54) is 24.8 Å². The van der Waals surface area contributed by atoms with Gasteiger partial charge in [0.1, 0.15) is 11.6 Å². The van der Waals surface area contributed by atoms with E-state index < -0.39 is 17.5 Å². The fraction of sp³-hybridized carbons (Fsp3) is 0.130. The van der Waals surface area contributed by atoms with Crippen molar-refractivity contribution in [3.63, 3.8) is 0 Å². The highest BCUT2D eigenvalue weighted by molar-refractivity contribution is 8.18. The van der Waals surface area contributed by atoms with Gasteiger partial charge in [0, 0.05) is 18.4 Å². The number of thiazole rings is 1. The SMILES string of the molecule is CC(=O)N(c1nc(C=C2SC(=Nc3c(C)cccc3C)NC2=O)cs1)c1ccc(F)cc1F. The van der Waals surface area contributed by atoms with Crippen LogP contribution in [0.2, 0.25) is 0 Å². The van der Waals surface area contributed by atoms with Gasteiger partial charge in [-0.1, -0.05) is 18.2 Å². The van der Waals surface area contributed by atoms with Crippen molar-refractivity contribution in [1.82, 2.24) is 10.3 Å². The van der Waals surface area contributed by atoms with Gasteiger partial charge in [0.25, 0.3) is 5.91 Å². The molecule has 2 heterocycles. The second kappa shape index (κ2) is 9.24. The largest absolute Gasteiger partial charge is 0.300 e. The summed E-state index contributed by atoms with van der Waals surface area (Å²) in [6.07, 6.45) is 1.58. The smallest absolute Gasteiger partial charge is 0.264 e. The van der Waals surface area contributed by atoms with Crippen LogP contribution in [0, 0.1) is 25.5 Å². The number of thioether (sulfide) groups is 1. The zero-order valence-electron chi connectivity index (χ0n) is 17.8. The molecule has 33 heavy (non-hydrogen) atoms. The Morgan fingerprint density at radius 1 is 1.18 bits per heavy atom. The van der Waals surface area contributed by atoms with Crippen molar-refractivity contribution in [2.24, 2.45) is 4.99 Å². The quantitative estimate of drug-likeness (QED) is 0.488. The number of nitrogens with zero attached hydrogens (tertiary/aromatic N) is 3. The summed E-state index contributed by atoms with van der Waals surface area (Å²) in [5.41, 5.74) is 3.12. The molecule has 0 saturated carbocycles. The minimum atomic E-state index is -0.876. The zero-order valence-corrected chi connectivity index (χ0v) is 19.5. The number of amides is 2. The Morgan fingerprint density at radius 3 is 2.58 bits per heavy atom. The van der Waals surface area contributed by atoms with Crippen molar-refractivity contribution in [2.75, 3.05) is 4.90 Å². The van der Waals surface area contributed by atoms with E-state index in [-0.39, 0.29) is 16.7 Å². The van der Waals surface area contributed by atoms with Gasteiger partial charge in [-0.3, -0.25) is 14.5 Å². The average Bonchev–Trinajstić information content (AvgIpc) is 3.33. The molecule has 0 spiro atoms. The summed E-state index contributed by atoms with van der Waals surface area (Å²) in [5.74, 6) is -2.41. The van der Waals surface area contributed by atoms with E-state index in [1.54, 1.807) is 11.5 Å². The molecule has 4 rings (SSSR count). The van der Waals surface area contributed by atoms with Gasteiger partial charge in [0.2, 0.25) is 5.91 Å². The number of nitrogens with one attached hydrogen (secondary N) is 1. The summed E-state index contributed by atoms with van der Waals surface area (Å²) >= 11 is 2.29. The molecule has 1 aliphatic heterocycles. The Kier molecular flexibility index (Phi) is 6.39. The van der Waals surface area contributed by atoms with Crippen LogP contribution in [0.1, 0.15) is 23.7 Å². The summed E-state index contributed by atoms with van der Waals surface area (Å²) in [4.78, 5) is 35.0. The number of aromatic nitrogens is 1. The van der Waals surface area contributed by atoms with E-state index in [0.717, 1.165) is 39.1 Å². The average molecular weight is 485 g/mol. The van der Waals surface area contributed by atoms with E-state index in [4.69, 9.17) is 0 Å². The predicted molar refractivity (Wildman–Crippen MR) is 128 cm³/mol. The molecule has 1 aliphatic rings. The topological polar surface area (TPSA) is 74.7 Å². The van der Waals surface area contributed by atoms with Gasteiger partial charge in [0.05, 0.1) is 22.0 Å². The molecule has 0 atom stereocenters. The lowest BCUT2D eigenvalue weighted by Crippen LogP contribution is -2.23. The van der Waals surface area contributed by atoms with E-state index in [9.17, 15) is 18.4 Å². The van der Waals surface area contributed by atoms with E-state index in [0.29, 0.717) is 21.8 Å². The molecule has 2 amide bonds. The highest BCUT2D eigenvalue weighted by atomic mass is 32.2. The van der Waals surface area contributed by atoms with E-state index in [1.807, 2.05) is 32.0 Å². The first kappa shape index (κ1) is 22.8. The number of aliphatic imine (C=N–C) groups is 1. The molecule has 0 radical (unpaired) electrons. The molecular formula is C23H18F2N4O2S2. The number of amidine groups is 1.